The van der Waals surface area contributed by atoms with Crippen LogP contribution in [0.4, 0.5) is 0 Å². The van der Waals surface area contributed by atoms with Crippen LogP contribution in [0.25, 0.3) is 0 Å². The summed E-state index contributed by atoms with van der Waals surface area (Å²) in [5.74, 6) is -0.900. The average Bonchev–Trinajstić information content (AvgIpc) is 2.72. The van der Waals surface area contributed by atoms with Crippen molar-refractivity contribution in [2.24, 2.45) is 22.9 Å². The fourth-order valence-electron chi connectivity index (χ4n) is 3.59. The molecule has 14 heteroatoms. The van der Waals surface area contributed by atoms with Gasteiger partial charge in [-0.1, -0.05) is 0 Å². The van der Waals surface area contributed by atoms with Crippen LogP contribution in [0.3, 0.4) is 0 Å². The van der Waals surface area contributed by atoms with Crippen LogP contribution in [0, 0.1) is 0 Å². The van der Waals surface area contributed by atoms with E-state index in [0.717, 1.165) is 0 Å². The van der Waals surface area contributed by atoms with Crippen molar-refractivity contribution in [3.8, 4) is 0 Å². The largest absolute Gasteiger partial charge is 0.389 e. The molecule has 0 unspecified atom stereocenters. The summed E-state index contributed by atoms with van der Waals surface area (Å²) in [6.07, 6.45) is -13.1. The molecule has 2 rings (SSSR count). The second kappa shape index (κ2) is 10.5. The number of carbonyl (C=O) groups is 1. The molecule has 0 radical (unpaired) electrons. The highest BCUT2D eigenvalue weighted by molar-refractivity contribution is 5.80. The lowest BCUT2D eigenvalue weighted by molar-refractivity contribution is -0.293. The number of amides is 1. The highest BCUT2D eigenvalue weighted by Crippen LogP contribution is 2.28. The van der Waals surface area contributed by atoms with E-state index in [1.807, 2.05) is 0 Å². The summed E-state index contributed by atoms with van der Waals surface area (Å²) < 4.78 is 11.0. The van der Waals surface area contributed by atoms with Gasteiger partial charge in [-0.3, -0.25) is 4.79 Å². The molecule has 0 aromatic heterocycles. The maximum atomic E-state index is 12.0. The second-order valence-electron chi connectivity index (χ2n) is 7.61. The van der Waals surface area contributed by atoms with Gasteiger partial charge in [-0.05, 0) is 13.0 Å². The van der Waals surface area contributed by atoms with Gasteiger partial charge in [0.25, 0.3) is 0 Å². The summed E-state index contributed by atoms with van der Waals surface area (Å²) in [6, 6.07) is -3.96. The molecule has 1 saturated heterocycles. The normalized spacial score (nSPS) is 45.7. The van der Waals surface area contributed by atoms with Gasteiger partial charge in [0.1, 0.15) is 42.7 Å². The Morgan fingerprint density at radius 2 is 1.60 bits per heavy atom. The number of rotatable bonds is 7. The highest BCUT2D eigenvalue weighted by atomic mass is 16.7. The molecule has 15 N–H and O–H groups in total. The Morgan fingerprint density at radius 3 is 2.17 bits per heavy atom. The Kier molecular flexibility index (Phi) is 8.87. The maximum absolute atomic E-state index is 12.0. The molecule has 176 valence electrons. The van der Waals surface area contributed by atoms with Crippen molar-refractivity contribution in [3.05, 3.63) is 0 Å². The SMILES string of the molecule is NCC[C@H](O)C(=O)N[C@H]1[C@H](O)[C@@H](O)[C@H](O[C@H]2O[C@H](CN)[C@@H](O)[C@H](O)[C@H]2N)[C@@H](N)[C@@H]1O. The van der Waals surface area contributed by atoms with Crippen LogP contribution >= 0.6 is 0 Å². The van der Waals surface area contributed by atoms with E-state index in [-0.39, 0.29) is 19.5 Å². The van der Waals surface area contributed by atoms with Crippen molar-refractivity contribution in [1.29, 1.82) is 0 Å². The van der Waals surface area contributed by atoms with Crippen molar-refractivity contribution in [2.45, 2.75) is 79.7 Å². The Morgan fingerprint density at radius 1 is 0.967 bits per heavy atom. The monoisotopic (exact) mass is 439 g/mol. The molecule has 1 aliphatic carbocycles. The number of nitrogens with one attached hydrogen (secondary N) is 1. The lowest BCUT2D eigenvalue weighted by Gasteiger charge is -2.48. The maximum Gasteiger partial charge on any atom is 0.249 e. The standard InChI is InChI=1S/C16H33N5O9/c17-2-1-4(22)15(28)21-8-10(24)6(19)14(13(27)12(8)26)30-16-7(20)11(25)9(23)5(3-18)29-16/h4-14,16,22-27H,1-3,17-20H2,(H,21,28)/t4-,5+,6-,7+,8+,9+,10-,11+,12-,13+,14+,16+/m0/s1. The minimum absolute atomic E-state index is 0.0361. The summed E-state index contributed by atoms with van der Waals surface area (Å²) in [7, 11) is 0. The third-order valence-electron chi connectivity index (χ3n) is 5.52. The van der Waals surface area contributed by atoms with E-state index in [0.29, 0.717) is 0 Å². The summed E-state index contributed by atoms with van der Waals surface area (Å²) >= 11 is 0. The molecule has 1 amide bonds. The number of hydrogen-bond acceptors (Lipinski definition) is 13. The zero-order chi connectivity index (χ0) is 22.7. The zero-order valence-corrected chi connectivity index (χ0v) is 16.3. The summed E-state index contributed by atoms with van der Waals surface area (Å²) in [4.78, 5) is 12.0. The van der Waals surface area contributed by atoms with Gasteiger partial charge in [-0.15, -0.1) is 0 Å². The number of aliphatic hydroxyl groups excluding tert-OH is 6. The van der Waals surface area contributed by atoms with Crippen LogP contribution in [0.15, 0.2) is 0 Å². The molecule has 1 heterocycles. The first-order valence-electron chi connectivity index (χ1n) is 9.66. The molecule has 0 bridgehead atoms. The van der Waals surface area contributed by atoms with E-state index < -0.39 is 79.2 Å². The lowest BCUT2D eigenvalue weighted by Crippen LogP contribution is -2.73. The molecule has 30 heavy (non-hydrogen) atoms. The zero-order valence-electron chi connectivity index (χ0n) is 16.3. The first-order valence-corrected chi connectivity index (χ1v) is 9.66. The minimum Gasteiger partial charge on any atom is -0.389 e. The molecular weight excluding hydrogens is 406 g/mol. The molecule has 0 aromatic rings. The lowest BCUT2D eigenvalue weighted by atomic mass is 9.81. The Bertz CT molecular complexity index is 557. The molecule has 2 aliphatic rings. The van der Waals surface area contributed by atoms with Gasteiger partial charge in [-0.2, -0.15) is 0 Å². The number of nitrogens with two attached hydrogens (primary N) is 4. The Labute approximate surface area is 172 Å². The van der Waals surface area contributed by atoms with Gasteiger partial charge in [-0.25, -0.2) is 0 Å². The molecule has 2 fully saturated rings. The third kappa shape index (κ3) is 5.07. The predicted molar refractivity (Wildman–Crippen MR) is 100 cm³/mol. The van der Waals surface area contributed by atoms with Crippen LogP contribution in [0.1, 0.15) is 6.42 Å². The van der Waals surface area contributed by atoms with E-state index in [1.165, 1.54) is 0 Å². The molecule has 1 aliphatic heterocycles. The van der Waals surface area contributed by atoms with Crippen molar-refractivity contribution in [1.82, 2.24) is 5.32 Å². The number of aliphatic hydroxyl groups is 6. The van der Waals surface area contributed by atoms with Crippen molar-refractivity contribution < 1.29 is 44.9 Å². The third-order valence-corrected chi connectivity index (χ3v) is 5.52. The fourth-order valence-corrected chi connectivity index (χ4v) is 3.59. The van der Waals surface area contributed by atoms with Crippen LogP contribution in [0.2, 0.25) is 0 Å². The van der Waals surface area contributed by atoms with Crippen molar-refractivity contribution >= 4 is 5.91 Å². The summed E-state index contributed by atoms with van der Waals surface area (Å²) in [5, 5.41) is 63.2. The van der Waals surface area contributed by atoms with Crippen molar-refractivity contribution in [3.63, 3.8) is 0 Å². The second-order valence-corrected chi connectivity index (χ2v) is 7.61. The average molecular weight is 439 g/mol. The first-order chi connectivity index (χ1) is 14.0. The topological polar surface area (TPSA) is 273 Å². The van der Waals surface area contributed by atoms with Crippen LogP contribution in [-0.2, 0) is 14.3 Å². The quantitative estimate of drug-likeness (QED) is 0.176. The summed E-state index contributed by atoms with van der Waals surface area (Å²) in [5.41, 5.74) is 22.5. The van der Waals surface area contributed by atoms with Crippen molar-refractivity contribution in [2.75, 3.05) is 13.1 Å². The number of carbonyl (C=O) groups excluding carboxylic acids is 1. The van der Waals surface area contributed by atoms with Gasteiger partial charge in [0.15, 0.2) is 6.29 Å². The van der Waals surface area contributed by atoms with E-state index >= 15 is 0 Å². The van der Waals surface area contributed by atoms with Gasteiger partial charge in [0.2, 0.25) is 5.91 Å². The number of hydrogen-bond donors (Lipinski definition) is 11. The Balaban J connectivity index is 2.10. The summed E-state index contributed by atoms with van der Waals surface area (Å²) in [6.45, 7) is -0.122. The molecule has 1 saturated carbocycles. The predicted octanol–water partition coefficient (Wildman–Crippen LogP) is -7.28. The van der Waals surface area contributed by atoms with E-state index in [4.69, 9.17) is 32.4 Å². The van der Waals surface area contributed by atoms with E-state index in [2.05, 4.69) is 5.32 Å². The molecular formula is C16H33N5O9. The van der Waals surface area contributed by atoms with Crippen LogP contribution < -0.4 is 28.3 Å². The van der Waals surface area contributed by atoms with Gasteiger partial charge < -0.3 is 68.4 Å². The fraction of sp³-hybridized carbons (Fsp3) is 0.938. The van der Waals surface area contributed by atoms with Crippen LogP contribution in [-0.4, -0.2) is 123 Å². The van der Waals surface area contributed by atoms with Gasteiger partial charge >= 0.3 is 0 Å². The molecule has 14 nitrogen and oxygen atoms in total. The van der Waals surface area contributed by atoms with E-state index in [9.17, 15) is 35.4 Å². The first kappa shape index (κ1) is 25.3. The molecule has 0 aromatic carbocycles. The van der Waals surface area contributed by atoms with Gasteiger partial charge in [0, 0.05) is 6.54 Å². The van der Waals surface area contributed by atoms with E-state index in [1.54, 1.807) is 0 Å². The Hall–Kier alpha value is -1.01. The smallest absolute Gasteiger partial charge is 0.249 e. The highest BCUT2D eigenvalue weighted by Gasteiger charge is 2.52. The molecule has 12 atom stereocenters. The number of ether oxygens (including phenoxy) is 2. The van der Waals surface area contributed by atoms with Gasteiger partial charge in [0.05, 0.1) is 24.2 Å². The minimum atomic E-state index is -1.72. The molecule has 0 spiro atoms. The van der Waals surface area contributed by atoms with Crippen LogP contribution in [0.5, 0.6) is 0 Å².